The van der Waals surface area contributed by atoms with E-state index in [1.165, 1.54) is 6.07 Å². The summed E-state index contributed by atoms with van der Waals surface area (Å²) in [6, 6.07) is 7.22. The van der Waals surface area contributed by atoms with Crippen molar-refractivity contribution in [2.45, 2.75) is 26.4 Å². The number of benzene rings is 1. The van der Waals surface area contributed by atoms with Crippen LogP contribution in [0, 0.1) is 16.0 Å². The van der Waals surface area contributed by atoms with Gasteiger partial charge >= 0.3 is 0 Å². The Bertz CT molecular complexity index is 411. The van der Waals surface area contributed by atoms with Gasteiger partial charge in [-0.25, -0.2) is 0 Å². The molecule has 0 saturated heterocycles. The van der Waals surface area contributed by atoms with Gasteiger partial charge in [0.1, 0.15) is 0 Å². The summed E-state index contributed by atoms with van der Waals surface area (Å²) in [4.78, 5) is 12.5. The predicted molar refractivity (Wildman–Crippen MR) is 77.1 cm³/mol. The number of hydrogen-bond donors (Lipinski definition) is 1. The summed E-state index contributed by atoms with van der Waals surface area (Å²) < 4.78 is 0. The Morgan fingerprint density at radius 1 is 1.37 bits per heavy atom. The molecule has 0 spiro atoms. The highest BCUT2D eigenvalue weighted by Gasteiger charge is 2.15. The normalized spacial score (nSPS) is 12.9. The van der Waals surface area contributed by atoms with Crippen LogP contribution in [0.2, 0.25) is 0 Å². The fourth-order valence-corrected chi connectivity index (χ4v) is 2.16. The van der Waals surface area contributed by atoms with Crippen LogP contribution < -0.4 is 5.32 Å². The molecule has 0 heterocycles. The summed E-state index contributed by atoms with van der Waals surface area (Å²) in [5.41, 5.74) is 1.09. The third kappa shape index (κ3) is 4.96. The maximum atomic E-state index is 10.7. The monoisotopic (exact) mass is 265 g/mol. The number of nitrogens with zero attached hydrogens (tertiary/aromatic N) is 2. The second kappa shape index (κ2) is 7.21. The molecular formula is C14H23N3O2. The molecule has 0 aliphatic heterocycles. The molecule has 0 bridgehead atoms. The molecule has 1 aromatic rings. The van der Waals surface area contributed by atoms with E-state index >= 15 is 0 Å². The molecule has 1 rings (SSSR count). The third-order valence-electron chi connectivity index (χ3n) is 3.24. The summed E-state index contributed by atoms with van der Waals surface area (Å²) in [5.74, 6) is 0.563. The van der Waals surface area contributed by atoms with E-state index in [9.17, 15) is 10.1 Å². The lowest BCUT2D eigenvalue weighted by Crippen LogP contribution is -2.41. The van der Waals surface area contributed by atoms with Crippen LogP contribution in [0.15, 0.2) is 24.3 Å². The molecule has 19 heavy (non-hydrogen) atoms. The largest absolute Gasteiger partial charge is 0.311 e. The maximum absolute atomic E-state index is 10.7. The quantitative estimate of drug-likeness (QED) is 0.607. The number of nitro benzene ring substituents is 1. The van der Waals surface area contributed by atoms with E-state index in [1.807, 2.05) is 6.07 Å². The van der Waals surface area contributed by atoms with Gasteiger partial charge in [0.15, 0.2) is 0 Å². The van der Waals surface area contributed by atoms with Crippen LogP contribution in [0.1, 0.15) is 19.4 Å². The van der Waals surface area contributed by atoms with Crippen molar-refractivity contribution in [3.63, 3.8) is 0 Å². The van der Waals surface area contributed by atoms with Crippen molar-refractivity contribution in [3.8, 4) is 0 Å². The summed E-state index contributed by atoms with van der Waals surface area (Å²) in [6.45, 7) is 5.91. The first kappa shape index (κ1) is 15.6. The van der Waals surface area contributed by atoms with Crippen LogP contribution in [0.4, 0.5) is 5.69 Å². The van der Waals surface area contributed by atoms with Gasteiger partial charge < -0.3 is 10.2 Å². The van der Waals surface area contributed by atoms with E-state index in [1.54, 1.807) is 12.1 Å². The van der Waals surface area contributed by atoms with E-state index in [-0.39, 0.29) is 10.6 Å². The van der Waals surface area contributed by atoms with Crippen LogP contribution in [-0.4, -0.2) is 36.5 Å². The van der Waals surface area contributed by atoms with Gasteiger partial charge in [-0.2, -0.15) is 0 Å². The average Bonchev–Trinajstić information content (AvgIpc) is 2.34. The van der Waals surface area contributed by atoms with Gasteiger partial charge in [-0.3, -0.25) is 10.1 Å². The van der Waals surface area contributed by atoms with Crippen molar-refractivity contribution < 1.29 is 4.92 Å². The lowest BCUT2D eigenvalue weighted by Gasteiger charge is -2.28. The van der Waals surface area contributed by atoms with Gasteiger partial charge in [0.05, 0.1) is 4.92 Å². The van der Waals surface area contributed by atoms with Crippen molar-refractivity contribution in [2.24, 2.45) is 5.92 Å². The Hall–Kier alpha value is -1.46. The Morgan fingerprint density at radius 2 is 2.05 bits per heavy atom. The van der Waals surface area contributed by atoms with Crippen LogP contribution in [-0.2, 0) is 6.54 Å². The van der Waals surface area contributed by atoms with E-state index < -0.39 is 0 Å². The van der Waals surface area contributed by atoms with Crippen LogP contribution >= 0.6 is 0 Å². The lowest BCUT2D eigenvalue weighted by atomic mass is 10.0. The Morgan fingerprint density at radius 3 is 2.58 bits per heavy atom. The first-order valence-electron chi connectivity index (χ1n) is 6.52. The van der Waals surface area contributed by atoms with Gasteiger partial charge in [-0.15, -0.1) is 0 Å². The topological polar surface area (TPSA) is 58.4 Å². The summed E-state index contributed by atoms with van der Waals surface area (Å²) >= 11 is 0. The first-order chi connectivity index (χ1) is 8.91. The summed E-state index contributed by atoms with van der Waals surface area (Å²) in [5, 5.41) is 14.1. The molecule has 0 amide bonds. The van der Waals surface area contributed by atoms with Gasteiger partial charge in [-0.05, 0) is 25.6 Å². The van der Waals surface area contributed by atoms with E-state index in [0.717, 1.165) is 12.1 Å². The van der Waals surface area contributed by atoms with Gasteiger partial charge in [0.2, 0.25) is 0 Å². The molecule has 106 valence electrons. The van der Waals surface area contributed by atoms with Crippen molar-refractivity contribution in [1.29, 1.82) is 0 Å². The number of nitro groups is 1. The van der Waals surface area contributed by atoms with Crippen LogP contribution in [0.25, 0.3) is 0 Å². The highest BCUT2D eigenvalue weighted by molar-refractivity contribution is 5.34. The number of non-ortho nitro benzene ring substituents is 1. The molecule has 1 N–H and O–H groups in total. The van der Waals surface area contributed by atoms with E-state index in [4.69, 9.17) is 0 Å². The van der Waals surface area contributed by atoms with Crippen molar-refractivity contribution >= 4 is 5.69 Å². The highest BCUT2D eigenvalue weighted by atomic mass is 16.6. The number of rotatable bonds is 7. The standard InChI is InChI=1S/C14H23N3O2/c1-11(2)14(16(3)4)10-15-9-12-6-5-7-13(8-12)17(18)19/h5-8,11,14-15H,9-10H2,1-4H3. The molecule has 0 aromatic heterocycles. The van der Waals surface area contributed by atoms with Crippen molar-refractivity contribution in [2.75, 3.05) is 20.6 Å². The lowest BCUT2D eigenvalue weighted by molar-refractivity contribution is -0.384. The second-order valence-electron chi connectivity index (χ2n) is 5.33. The molecule has 0 aliphatic carbocycles. The second-order valence-corrected chi connectivity index (χ2v) is 5.33. The molecule has 0 aliphatic rings. The van der Waals surface area contributed by atoms with Gasteiger partial charge in [-0.1, -0.05) is 26.0 Å². The molecular weight excluding hydrogens is 242 g/mol. The first-order valence-corrected chi connectivity index (χ1v) is 6.52. The fraction of sp³-hybridized carbons (Fsp3) is 0.571. The van der Waals surface area contributed by atoms with Crippen LogP contribution in [0.3, 0.4) is 0 Å². The number of likely N-dealkylation sites (N-methyl/N-ethyl adjacent to an activating group) is 1. The number of nitrogens with one attached hydrogen (secondary N) is 1. The molecule has 5 heteroatoms. The maximum Gasteiger partial charge on any atom is 0.269 e. The minimum Gasteiger partial charge on any atom is -0.311 e. The Balaban J connectivity index is 2.53. The highest BCUT2D eigenvalue weighted by Crippen LogP contribution is 2.13. The smallest absolute Gasteiger partial charge is 0.269 e. The zero-order valence-electron chi connectivity index (χ0n) is 12.1. The summed E-state index contributed by atoms with van der Waals surface area (Å²) in [6.07, 6.45) is 0. The van der Waals surface area contributed by atoms with Gasteiger partial charge in [0.25, 0.3) is 5.69 Å². The zero-order valence-corrected chi connectivity index (χ0v) is 12.1. The fourth-order valence-electron chi connectivity index (χ4n) is 2.16. The van der Waals surface area contributed by atoms with Crippen molar-refractivity contribution in [3.05, 3.63) is 39.9 Å². The summed E-state index contributed by atoms with van der Waals surface area (Å²) in [7, 11) is 4.14. The molecule has 0 fully saturated rings. The van der Waals surface area contributed by atoms with Crippen LogP contribution in [0.5, 0.6) is 0 Å². The Labute approximate surface area is 114 Å². The number of hydrogen-bond acceptors (Lipinski definition) is 4. The molecule has 5 nitrogen and oxygen atoms in total. The molecule has 0 saturated carbocycles. The minimum absolute atomic E-state index is 0.146. The molecule has 1 atom stereocenters. The van der Waals surface area contributed by atoms with Crippen molar-refractivity contribution in [1.82, 2.24) is 10.2 Å². The van der Waals surface area contributed by atoms with E-state index in [2.05, 4.69) is 38.2 Å². The molecule has 0 radical (unpaired) electrons. The zero-order chi connectivity index (χ0) is 14.4. The van der Waals surface area contributed by atoms with E-state index in [0.29, 0.717) is 18.5 Å². The molecule has 1 aromatic carbocycles. The molecule has 1 unspecified atom stereocenters. The van der Waals surface area contributed by atoms with Gasteiger partial charge in [0, 0.05) is 31.3 Å². The Kier molecular flexibility index (Phi) is 5.92. The third-order valence-corrected chi connectivity index (χ3v) is 3.24. The SMILES string of the molecule is CC(C)C(CNCc1cccc([N+](=O)[O-])c1)N(C)C. The average molecular weight is 265 g/mol. The predicted octanol–water partition coefficient (Wildman–Crippen LogP) is 2.27. The minimum atomic E-state index is -0.361.